The predicted molar refractivity (Wildman–Crippen MR) is 67.9 cm³/mol. The van der Waals surface area contributed by atoms with E-state index in [1.807, 2.05) is 0 Å². The zero-order chi connectivity index (χ0) is 10.1. The van der Waals surface area contributed by atoms with E-state index in [4.69, 9.17) is 0 Å². The summed E-state index contributed by atoms with van der Waals surface area (Å²) < 4.78 is 3.80. The van der Waals surface area contributed by atoms with Crippen LogP contribution in [0.4, 0.5) is 0 Å². The van der Waals surface area contributed by atoms with Crippen LogP contribution in [0, 0.1) is 5.92 Å². The molecule has 0 saturated carbocycles. The van der Waals surface area contributed by atoms with E-state index in [0.29, 0.717) is 0 Å². The summed E-state index contributed by atoms with van der Waals surface area (Å²) in [5.74, 6) is 3.70. The SMILES string of the molecule is C1=CS2(NCc3ccccc3)CCC1C2. The average Bonchev–Trinajstić information content (AvgIpc) is 2.89. The van der Waals surface area contributed by atoms with E-state index in [1.54, 1.807) is 0 Å². The Morgan fingerprint density at radius 3 is 2.73 bits per heavy atom. The Bertz CT molecular complexity index is 373. The van der Waals surface area contributed by atoms with E-state index < -0.39 is 10.2 Å². The van der Waals surface area contributed by atoms with Gasteiger partial charge in [0, 0.05) is 6.54 Å². The molecule has 2 bridgehead atoms. The lowest BCUT2D eigenvalue weighted by atomic mass is 10.1. The summed E-state index contributed by atoms with van der Waals surface area (Å²) in [6.45, 7) is 1.03. The van der Waals surface area contributed by atoms with Crippen molar-refractivity contribution >= 4 is 10.2 Å². The third-order valence-electron chi connectivity index (χ3n) is 3.38. The Morgan fingerprint density at radius 1 is 1.27 bits per heavy atom. The van der Waals surface area contributed by atoms with Gasteiger partial charge in [0.15, 0.2) is 0 Å². The van der Waals surface area contributed by atoms with Crippen LogP contribution >= 0.6 is 10.2 Å². The van der Waals surface area contributed by atoms with Gasteiger partial charge in [0.2, 0.25) is 0 Å². The number of allylic oxidation sites excluding steroid dienone is 1. The maximum Gasteiger partial charge on any atom is 0.0298 e. The highest BCUT2D eigenvalue weighted by molar-refractivity contribution is 8.34. The van der Waals surface area contributed by atoms with Crippen molar-refractivity contribution in [2.75, 3.05) is 11.5 Å². The molecule has 2 unspecified atom stereocenters. The van der Waals surface area contributed by atoms with Gasteiger partial charge in [-0.05, 0) is 34.8 Å². The molecule has 1 N–H and O–H groups in total. The van der Waals surface area contributed by atoms with Crippen LogP contribution in [0.5, 0.6) is 0 Å². The molecule has 80 valence electrons. The van der Waals surface area contributed by atoms with Crippen LogP contribution in [0.15, 0.2) is 41.8 Å². The fourth-order valence-electron chi connectivity index (χ4n) is 2.45. The van der Waals surface area contributed by atoms with Crippen molar-refractivity contribution in [2.45, 2.75) is 13.0 Å². The first kappa shape index (κ1) is 9.49. The fraction of sp³-hybridized carbons (Fsp3) is 0.385. The Morgan fingerprint density at radius 2 is 2.13 bits per heavy atom. The number of benzene rings is 1. The summed E-state index contributed by atoms with van der Waals surface area (Å²) in [6, 6.07) is 10.7. The molecule has 1 nitrogen and oxygen atoms in total. The van der Waals surface area contributed by atoms with Gasteiger partial charge in [-0.1, -0.05) is 36.4 Å². The number of nitrogens with one attached hydrogen (secondary N) is 1. The molecule has 15 heavy (non-hydrogen) atoms. The molecule has 0 aromatic heterocycles. The molecule has 2 heteroatoms. The van der Waals surface area contributed by atoms with Crippen LogP contribution in [-0.2, 0) is 6.54 Å². The molecule has 3 rings (SSSR count). The second kappa shape index (κ2) is 3.69. The first-order chi connectivity index (χ1) is 7.36. The van der Waals surface area contributed by atoms with E-state index in [0.717, 1.165) is 12.5 Å². The van der Waals surface area contributed by atoms with Gasteiger partial charge in [-0.3, -0.25) is 4.72 Å². The van der Waals surface area contributed by atoms with Gasteiger partial charge in [0.25, 0.3) is 0 Å². The summed E-state index contributed by atoms with van der Waals surface area (Å²) in [7, 11) is -0.554. The molecular weight excluding hydrogens is 202 g/mol. The van der Waals surface area contributed by atoms with E-state index in [-0.39, 0.29) is 0 Å². The lowest BCUT2D eigenvalue weighted by Crippen LogP contribution is -2.19. The number of fused-ring (bicyclic) bond motifs is 2. The number of hydrogen-bond acceptors (Lipinski definition) is 1. The van der Waals surface area contributed by atoms with Crippen LogP contribution < -0.4 is 4.72 Å². The molecule has 0 spiro atoms. The van der Waals surface area contributed by atoms with Crippen molar-refractivity contribution in [2.24, 2.45) is 5.92 Å². The zero-order valence-electron chi connectivity index (χ0n) is 8.86. The molecule has 2 atom stereocenters. The van der Waals surface area contributed by atoms with Gasteiger partial charge in [-0.15, -0.1) is 0 Å². The monoisotopic (exact) mass is 219 g/mol. The van der Waals surface area contributed by atoms with Crippen LogP contribution in [0.2, 0.25) is 0 Å². The molecule has 0 amide bonds. The maximum atomic E-state index is 3.80. The van der Waals surface area contributed by atoms with Gasteiger partial charge >= 0.3 is 0 Å². The lowest BCUT2D eigenvalue weighted by molar-refractivity contribution is 0.750. The van der Waals surface area contributed by atoms with Gasteiger partial charge in [-0.25, -0.2) is 0 Å². The molecule has 1 saturated heterocycles. The van der Waals surface area contributed by atoms with Crippen LogP contribution in [0.25, 0.3) is 0 Å². The molecule has 1 aromatic rings. The molecule has 2 heterocycles. The van der Waals surface area contributed by atoms with Crippen LogP contribution in [-0.4, -0.2) is 11.5 Å². The van der Waals surface area contributed by atoms with Gasteiger partial charge in [-0.2, -0.15) is 10.2 Å². The average molecular weight is 219 g/mol. The van der Waals surface area contributed by atoms with E-state index >= 15 is 0 Å². The van der Waals surface area contributed by atoms with E-state index in [1.165, 1.54) is 23.5 Å². The lowest BCUT2D eigenvalue weighted by Gasteiger charge is -2.31. The Balaban J connectivity index is 1.65. The molecule has 0 aliphatic carbocycles. The topological polar surface area (TPSA) is 12.0 Å². The minimum absolute atomic E-state index is 0.554. The van der Waals surface area contributed by atoms with Gasteiger partial charge < -0.3 is 0 Å². The number of rotatable bonds is 3. The first-order valence-corrected chi connectivity index (χ1v) is 7.65. The maximum absolute atomic E-state index is 3.80. The predicted octanol–water partition coefficient (Wildman–Crippen LogP) is 3.04. The highest BCUT2D eigenvalue weighted by Crippen LogP contribution is 2.58. The third kappa shape index (κ3) is 1.84. The Labute approximate surface area is 93.0 Å². The van der Waals surface area contributed by atoms with E-state index in [9.17, 15) is 0 Å². The second-order valence-electron chi connectivity index (χ2n) is 4.50. The summed E-state index contributed by atoms with van der Waals surface area (Å²) in [6.07, 6.45) is 3.84. The highest BCUT2D eigenvalue weighted by atomic mass is 32.3. The third-order valence-corrected chi connectivity index (χ3v) is 6.77. The number of hydrogen-bond donors (Lipinski definition) is 1. The van der Waals surface area contributed by atoms with Crippen LogP contribution in [0.1, 0.15) is 12.0 Å². The largest absolute Gasteiger partial charge is 0.273 e. The van der Waals surface area contributed by atoms with Crippen molar-refractivity contribution in [3.05, 3.63) is 47.4 Å². The molecule has 2 aliphatic heterocycles. The highest BCUT2D eigenvalue weighted by Gasteiger charge is 2.35. The summed E-state index contributed by atoms with van der Waals surface area (Å²) in [5, 5.41) is 2.48. The summed E-state index contributed by atoms with van der Waals surface area (Å²) in [5.41, 5.74) is 1.41. The molecular formula is C13H17NS. The van der Waals surface area contributed by atoms with Crippen LogP contribution in [0.3, 0.4) is 0 Å². The Kier molecular flexibility index (Phi) is 2.33. The zero-order valence-corrected chi connectivity index (χ0v) is 9.67. The van der Waals surface area contributed by atoms with Crippen molar-refractivity contribution in [1.29, 1.82) is 0 Å². The summed E-state index contributed by atoms with van der Waals surface area (Å²) >= 11 is 0. The van der Waals surface area contributed by atoms with Crippen molar-refractivity contribution in [1.82, 2.24) is 4.72 Å². The minimum Gasteiger partial charge on any atom is -0.273 e. The smallest absolute Gasteiger partial charge is 0.0298 e. The Hall–Kier alpha value is -0.730. The van der Waals surface area contributed by atoms with Crippen molar-refractivity contribution < 1.29 is 0 Å². The molecule has 0 radical (unpaired) electrons. The fourth-order valence-corrected chi connectivity index (χ4v) is 5.96. The van der Waals surface area contributed by atoms with E-state index in [2.05, 4.69) is 46.5 Å². The molecule has 1 fully saturated rings. The van der Waals surface area contributed by atoms with Gasteiger partial charge in [0.1, 0.15) is 0 Å². The summed E-state index contributed by atoms with van der Waals surface area (Å²) in [4.78, 5) is 0. The van der Waals surface area contributed by atoms with Crippen molar-refractivity contribution in [3.63, 3.8) is 0 Å². The minimum atomic E-state index is -0.554. The molecule has 2 aliphatic rings. The standard InChI is InChI=1S/C13H17NS/c1-2-4-12(5-3-1)10-14-15-8-6-13(11-15)7-9-15/h1-6,8,13-14H,7,9-11H2. The van der Waals surface area contributed by atoms with Gasteiger partial charge in [0.05, 0.1) is 0 Å². The first-order valence-electron chi connectivity index (χ1n) is 5.62. The molecule has 1 aromatic carbocycles. The quantitative estimate of drug-likeness (QED) is 0.824. The second-order valence-corrected chi connectivity index (χ2v) is 7.69. The van der Waals surface area contributed by atoms with Crippen molar-refractivity contribution in [3.8, 4) is 0 Å². The normalized spacial score (nSPS) is 36.7.